The summed E-state index contributed by atoms with van der Waals surface area (Å²) in [5.74, 6) is 0. The second kappa shape index (κ2) is 6.41. The Morgan fingerprint density at radius 1 is 1.44 bits per heavy atom. The van der Waals surface area contributed by atoms with Crippen LogP contribution in [0.25, 0.3) is 0 Å². The second-order valence-electron chi connectivity index (χ2n) is 5.33. The van der Waals surface area contributed by atoms with Gasteiger partial charge in [0.15, 0.2) is 8.32 Å². The molecule has 0 amide bonds. The topological polar surface area (TPSA) is 9.23 Å². The van der Waals surface area contributed by atoms with E-state index in [4.69, 9.17) is 4.43 Å². The average Bonchev–Trinajstić information content (AvgIpc) is 2.24. The molecular weight excluding hydrogens is 212 g/mol. The van der Waals surface area contributed by atoms with Gasteiger partial charge in [-0.1, -0.05) is 51.3 Å². The van der Waals surface area contributed by atoms with Gasteiger partial charge in [-0.05, 0) is 31.1 Å². The van der Waals surface area contributed by atoms with E-state index in [0.717, 1.165) is 6.04 Å². The molecule has 1 rings (SSSR count). The van der Waals surface area contributed by atoms with Crippen molar-refractivity contribution < 1.29 is 4.43 Å². The molecule has 0 radical (unpaired) electrons. The molecule has 16 heavy (non-hydrogen) atoms. The van der Waals surface area contributed by atoms with Crippen LogP contribution in [0.15, 0.2) is 24.3 Å². The zero-order valence-electron chi connectivity index (χ0n) is 11.1. The van der Waals surface area contributed by atoms with Crippen LogP contribution < -0.4 is 0 Å². The molecule has 1 unspecified atom stereocenters. The van der Waals surface area contributed by atoms with E-state index in [1.807, 2.05) is 6.08 Å². The molecule has 1 heterocycles. The monoisotopic (exact) mass is 238 g/mol. The van der Waals surface area contributed by atoms with Crippen molar-refractivity contribution in [3.63, 3.8) is 0 Å². The van der Waals surface area contributed by atoms with Crippen molar-refractivity contribution in [2.75, 3.05) is 0 Å². The highest BCUT2D eigenvalue weighted by Crippen LogP contribution is 2.28. The second-order valence-corrected chi connectivity index (χ2v) is 9.49. The Morgan fingerprint density at radius 2 is 2.19 bits per heavy atom. The van der Waals surface area contributed by atoms with Gasteiger partial charge in [-0.3, -0.25) is 0 Å². The van der Waals surface area contributed by atoms with Crippen molar-refractivity contribution in [3.05, 3.63) is 24.3 Å². The normalized spacial score (nSPS) is 23.9. The average molecular weight is 238 g/mol. The molecule has 0 bridgehead atoms. The molecule has 1 nitrogen and oxygen atoms in total. The Hall–Kier alpha value is -0.343. The standard InChI is InChI=1S/C14H26OSi/c1-5-7-8-9-10-14-13(6-2)11-12-16(3,4)15-14/h6,11,14H,2,5,7-10,12H2,1,3-4H3. The van der Waals surface area contributed by atoms with E-state index >= 15 is 0 Å². The summed E-state index contributed by atoms with van der Waals surface area (Å²) in [6.45, 7) is 10.8. The fourth-order valence-electron chi connectivity index (χ4n) is 2.19. The minimum absolute atomic E-state index is 0.338. The maximum absolute atomic E-state index is 6.26. The van der Waals surface area contributed by atoms with E-state index < -0.39 is 8.32 Å². The third-order valence-electron chi connectivity index (χ3n) is 3.22. The molecule has 0 saturated carbocycles. The van der Waals surface area contributed by atoms with Crippen LogP contribution in [-0.2, 0) is 4.43 Å². The fourth-order valence-corrected chi connectivity index (χ4v) is 4.04. The van der Waals surface area contributed by atoms with Gasteiger partial charge in [-0.2, -0.15) is 0 Å². The van der Waals surface area contributed by atoms with Crippen molar-refractivity contribution in [2.24, 2.45) is 0 Å². The lowest BCUT2D eigenvalue weighted by atomic mass is 10.0. The summed E-state index contributed by atoms with van der Waals surface area (Å²) >= 11 is 0. The third-order valence-corrected chi connectivity index (χ3v) is 5.33. The molecule has 0 aliphatic carbocycles. The maximum atomic E-state index is 6.26. The lowest BCUT2D eigenvalue weighted by molar-refractivity contribution is 0.210. The molecule has 0 aromatic heterocycles. The summed E-state index contributed by atoms with van der Waals surface area (Å²) in [7, 11) is -1.40. The zero-order chi connectivity index (χ0) is 12.0. The lowest BCUT2D eigenvalue weighted by Gasteiger charge is -2.34. The number of unbranched alkanes of at least 4 members (excludes halogenated alkanes) is 3. The fraction of sp³-hybridized carbons (Fsp3) is 0.714. The van der Waals surface area contributed by atoms with Crippen molar-refractivity contribution in [3.8, 4) is 0 Å². The van der Waals surface area contributed by atoms with Gasteiger partial charge in [0.2, 0.25) is 0 Å². The molecule has 92 valence electrons. The van der Waals surface area contributed by atoms with Crippen LogP contribution >= 0.6 is 0 Å². The van der Waals surface area contributed by atoms with Gasteiger partial charge >= 0.3 is 0 Å². The highest BCUT2D eigenvalue weighted by atomic mass is 28.4. The molecule has 1 aliphatic heterocycles. The molecule has 1 aliphatic rings. The van der Waals surface area contributed by atoms with Gasteiger partial charge in [0, 0.05) is 0 Å². The minimum Gasteiger partial charge on any atom is -0.410 e. The number of hydrogen-bond donors (Lipinski definition) is 0. The molecule has 2 heteroatoms. The van der Waals surface area contributed by atoms with Crippen LogP contribution in [0, 0.1) is 0 Å². The summed E-state index contributed by atoms with van der Waals surface area (Å²) in [5.41, 5.74) is 1.32. The van der Waals surface area contributed by atoms with E-state index in [1.165, 1.54) is 37.7 Å². The van der Waals surface area contributed by atoms with E-state index in [-0.39, 0.29) is 0 Å². The Labute approximate surface area is 102 Å². The van der Waals surface area contributed by atoms with Crippen molar-refractivity contribution in [1.29, 1.82) is 0 Å². The molecule has 1 atom stereocenters. The van der Waals surface area contributed by atoms with Crippen LogP contribution in [0.4, 0.5) is 0 Å². The van der Waals surface area contributed by atoms with E-state index in [2.05, 4.69) is 32.7 Å². The molecule has 0 saturated heterocycles. The van der Waals surface area contributed by atoms with Crippen molar-refractivity contribution >= 4 is 8.32 Å². The van der Waals surface area contributed by atoms with E-state index in [0.29, 0.717) is 6.10 Å². The van der Waals surface area contributed by atoms with Crippen LogP contribution in [0.1, 0.15) is 39.0 Å². The zero-order valence-corrected chi connectivity index (χ0v) is 12.1. The highest BCUT2D eigenvalue weighted by Gasteiger charge is 2.30. The SMILES string of the molecule is C=CC1=CC[Si](C)(C)OC1CCCCCC. The van der Waals surface area contributed by atoms with Crippen LogP contribution in [0.5, 0.6) is 0 Å². The third kappa shape index (κ3) is 4.26. The first kappa shape index (κ1) is 13.7. The van der Waals surface area contributed by atoms with Gasteiger partial charge < -0.3 is 4.43 Å². The van der Waals surface area contributed by atoms with Gasteiger partial charge in [0.25, 0.3) is 0 Å². The molecule has 0 fully saturated rings. The summed E-state index contributed by atoms with van der Waals surface area (Å²) < 4.78 is 6.26. The Balaban J connectivity index is 2.45. The predicted octanol–water partition coefficient (Wildman–Crippen LogP) is 4.67. The Bertz CT molecular complexity index is 255. The first-order chi connectivity index (χ1) is 7.59. The summed E-state index contributed by atoms with van der Waals surface area (Å²) in [6, 6.07) is 1.14. The lowest BCUT2D eigenvalue weighted by Crippen LogP contribution is -2.38. The summed E-state index contributed by atoms with van der Waals surface area (Å²) in [4.78, 5) is 0. The molecule has 0 aromatic rings. The van der Waals surface area contributed by atoms with Crippen LogP contribution in [0.2, 0.25) is 19.1 Å². The first-order valence-corrected chi connectivity index (χ1v) is 9.71. The largest absolute Gasteiger partial charge is 0.410 e. The smallest absolute Gasteiger partial charge is 0.191 e. The van der Waals surface area contributed by atoms with E-state index in [1.54, 1.807) is 0 Å². The predicted molar refractivity (Wildman–Crippen MR) is 74.2 cm³/mol. The van der Waals surface area contributed by atoms with Crippen LogP contribution in [-0.4, -0.2) is 14.4 Å². The van der Waals surface area contributed by atoms with Crippen molar-refractivity contribution in [2.45, 2.75) is 64.3 Å². The minimum atomic E-state index is -1.40. The maximum Gasteiger partial charge on any atom is 0.191 e. The number of rotatable bonds is 6. The Kier molecular flexibility index (Phi) is 5.49. The Morgan fingerprint density at radius 3 is 2.81 bits per heavy atom. The number of allylic oxidation sites excluding steroid dienone is 1. The quantitative estimate of drug-likeness (QED) is 0.482. The van der Waals surface area contributed by atoms with Crippen LogP contribution in [0.3, 0.4) is 0 Å². The van der Waals surface area contributed by atoms with Gasteiger partial charge in [0.05, 0.1) is 6.10 Å². The summed E-state index contributed by atoms with van der Waals surface area (Å²) in [5, 5.41) is 0. The number of hydrogen-bond acceptors (Lipinski definition) is 1. The molecule has 0 aromatic carbocycles. The molecule has 0 N–H and O–H groups in total. The summed E-state index contributed by atoms with van der Waals surface area (Å²) in [6.07, 6.45) is 11.1. The van der Waals surface area contributed by atoms with E-state index in [9.17, 15) is 0 Å². The first-order valence-electron chi connectivity index (χ1n) is 6.59. The highest BCUT2D eigenvalue weighted by molar-refractivity contribution is 6.71. The van der Waals surface area contributed by atoms with Gasteiger partial charge in [0.1, 0.15) is 0 Å². The van der Waals surface area contributed by atoms with Gasteiger partial charge in [-0.15, -0.1) is 0 Å². The molecule has 0 spiro atoms. The molecular formula is C14H26OSi. The van der Waals surface area contributed by atoms with Gasteiger partial charge in [-0.25, -0.2) is 0 Å². The van der Waals surface area contributed by atoms with Crippen molar-refractivity contribution in [1.82, 2.24) is 0 Å².